The molecule has 1 aromatic rings. The van der Waals surface area contributed by atoms with Crippen LogP contribution >= 0.6 is 0 Å². The molecule has 110 valence electrons. The normalized spacial score (nSPS) is 25.7. The first-order chi connectivity index (χ1) is 9.63. The second kappa shape index (κ2) is 5.00. The maximum Gasteiger partial charge on any atom is 0.225 e. The van der Waals surface area contributed by atoms with Crippen molar-refractivity contribution in [1.29, 1.82) is 0 Å². The fourth-order valence-electron chi connectivity index (χ4n) is 3.56. The first kappa shape index (κ1) is 13.3. The monoisotopic (exact) mass is 277 g/mol. The van der Waals surface area contributed by atoms with Crippen LogP contribution in [0.15, 0.2) is 0 Å². The summed E-state index contributed by atoms with van der Waals surface area (Å²) in [6.07, 6.45) is 3.94. The van der Waals surface area contributed by atoms with Crippen LogP contribution in [0, 0.1) is 5.92 Å². The molecule has 20 heavy (non-hydrogen) atoms. The van der Waals surface area contributed by atoms with E-state index in [0.717, 1.165) is 56.0 Å². The molecule has 2 aliphatic rings. The fourth-order valence-corrected chi connectivity index (χ4v) is 3.56. The van der Waals surface area contributed by atoms with Crippen LogP contribution in [-0.4, -0.2) is 34.8 Å². The van der Waals surface area contributed by atoms with E-state index >= 15 is 0 Å². The molecule has 2 unspecified atom stereocenters. The van der Waals surface area contributed by atoms with E-state index in [4.69, 9.17) is 5.73 Å². The van der Waals surface area contributed by atoms with Crippen LogP contribution in [0.25, 0.3) is 0 Å². The van der Waals surface area contributed by atoms with E-state index in [1.54, 1.807) is 0 Å². The Balaban J connectivity index is 1.94. The lowest BCUT2D eigenvalue weighted by Crippen LogP contribution is -2.46. The van der Waals surface area contributed by atoms with E-state index in [2.05, 4.69) is 22.2 Å². The Morgan fingerprint density at radius 2 is 2.30 bits per heavy atom. The number of aromatic nitrogens is 2. The summed E-state index contributed by atoms with van der Waals surface area (Å²) in [5.41, 5.74) is 8.07. The van der Waals surface area contributed by atoms with E-state index in [-0.39, 0.29) is 17.9 Å². The number of nitrogens with two attached hydrogens (primary N) is 1. The van der Waals surface area contributed by atoms with E-state index in [0.29, 0.717) is 0 Å². The van der Waals surface area contributed by atoms with Crippen molar-refractivity contribution in [3.8, 4) is 0 Å². The molecule has 3 heterocycles. The zero-order chi connectivity index (χ0) is 14.3. The van der Waals surface area contributed by atoms with Gasteiger partial charge in [0.1, 0.15) is 0 Å². The van der Waals surface area contributed by atoms with Crippen molar-refractivity contribution in [3.05, 3.63) is 5.69 Å². The number of nitrogens with zero attached hydrogens (tertiary/aromatic N) is 3. The molecule has 2 fully saturated rings. The zero-order valence-corrected chi connectivity index (χ0v) is 12.2. The maximum absolute atomic E-state index is 11.9. The highest BCUT2D eigenvalue weighted by Gasteiger charge is 2.42. The van der Waals surface area contributed by atoms with Crippen molar-refractivity contribution in [1.82, 2.24) is 15.1 Å². The van der Waals surface area contributed by atoms with Gasteiger partial charge in [0.05, 0.1) is 23.3 Å². The number of hydrogen-bond donors (Lipinski definition) is 2. The number of carbonyl (C=O) groups is 1. The summed E-state index contributed by atoms with van der Waals surface area (Å²) in [5.74, 6) is 1.28. The number of rotatable bonds is 3. The van der Waals surface area contributed by atoms with Gasteiger partial charge < -0.3 is 16.0 Å². The summed E-state index contributed by atoms with van der Waals surface area (Å²) in [6, 6.07) is 0.225. The second-order valence-corrected chi connectivity index (χ2v) is 5.81. The molecule has 6 heteroatoms. The lowest BCUT2D eigenvalue weighted by Gasteiger charge is -2.37. The summed E-state index contributed by atoms with van der Waals surface area (Å²) in [7, 11) is 1.94. The smallest absolute Gasteiger partial charge is 0.225 e. The zero-order valence-electron chi connectivity index (χ0n) is 12.2. The highest BCUT2D eigenvalue weighted by Crippen LogP contribution is 2.35. The van der Waals surface area contributed by atoms with Gasteiger partial charge in [-0.2, -0.15) is 5.10 Å². The largest absolute Gasteiger partial charge is 0.394 e. The van der Waals surface area contributed by atoms with Gasteiger partial charge in [0.15, 0.2) is 5.82 Å². The summed E-state index contributed by atoms with van der Waals surface area (Å²) >= 11 is 0. The number of fused-ring (bicyclic) bond motifs is 1. The summed E-state index contributed by atoms with van der Waals surface area (Å²) in [4.78, 5) is 14.2. The molecule has 2 aliphatic heterocycles. The van der Waals surface area contributed by atoms with Crippen LogP contribution in [-0.2, 0) is 18.3 Å². The highest BCUT2D eigenvalue weighted by molar-refractivity contribution is 5.83. The molecular formula is C14H23N5O. The molecule has 2 atom stereocenters. The van der Waals surface area contributed by atoms with E-state index in [9.17, 15) is 4.79 Å². The predicted octanol–water partition coefficient (Wildman–Crippen LogP) is 0.670. The van der Waals surface area contributed by atoms with Crippen molar-refractivity contribution < 1.29 is 4.79 Å². The molecule has 0 saturated carbocycles. The average molecular weight is 277 g/mol. The molecule has 1 amide bonds. The third-order valence-corrected chi connectivity index (χ3v) is 4.49. The topological polar surface area (TPSA) is 76.2 Å². The fraction of sp³-hybridized carbons (Fsp3) is 0.714. The van der Waals surface area contributed by atoms with Gasteiger partial charge >= 0.3 is 0 Å². The third-order valence-electron chi connectivity index (χ3n) is 4.49. The molecule has 1 aromatic heterocycles. The minimum Gasteiger partial charge on any atom is -0.394 e. The molecule has 3 N–H and O–H groups in total. The lowest BCUT2D eigenvalue weighted by atomic mass is 9.91. The molecule has 0 aliphatic carbocycles. The van der Waals surface area contributed by atoms with Crippen molar-refractivity contribution in [2.75, 3.05) is 23.7 Å². The van der Waals surface area contributed by atoms with Gasteiger partial charge in [-0.1, -0.05) is 13.3 Å². The van der Waals surface area contributed by atoms with Gasteiger partial charge in [0.25, 0.3) is 0 Å². The number of aryl methyl sites for hydroxylation is 2. The quantitative estimate of drug-likeness (QED) is 0.851. The Hall–Kier alpha value is -1.72. The molecule has 2 saturated heterocycles. The van der Waals surface area contributed by atoms with Gasteiger partial charge in [-0.15, -0.1) is 0 Å². The predicted molar refractivity (Wildman–Crippen MR) is 78.5 cm³/mol. The molecular weight excluding hydrogens is 254 g/mol. The number of hydrogen-bond acceptors (Lipinski definition) is 4. The van der Waals surface area contributed by atoms with Crippen LogP contribution < -0.4 is 16.0 Å². The molecule has 0 bridgehead atoms. The van der Waals surface area contributed by atoms with E-state index < -0.39 is 0 Å². The van der Waals surface area contributed by atoms with Gasteiger partial charge in [0.2, 0.25) is 5.91 Å². The number of nitrogen functional groups attached to an aromatic ring is 1. The number of amides is 1. The Labute approximate surface area is 119 Å². The van der Waals surface area contributed by atoms with Gasteiger partial charge in [-0.05, 0) is 19.3 Å². The van der Waals surface area contributed by atoms with Crippen molar-refractivity contribution in [3.63, 3.8) is 0 Å². The van der Waals surface area contributed by atoms with Crippen LogP contribution in [0.1, 0.15) is 31.9 Å². The second-order valence-electron chi connectivity index (χ2n) is 5.81. The summed E-state index contributed by atoms with van der Waals surface area (Å²) < 4.78 is 1.88. The molecule has 0 spiro atoms. The lowest BCUT2D eigenvalue weighted by molar-refractivity contribution is -0.123. The van der Waals surface area contributed by atoms with Crippen LogP contribution in [0.3, 0.4) is 0 Å². The number of anilines is 2. The minimum absolute atomic E-state index is 0.104. The van der Waals surface area contributed by atoms with E-state index in [1.165, 1.54) is 0 Å². The summed E-state index contributed by atoms with van der Waals surface area (Å²) in [6.45, 7) is 3.80. The molecule has 6 nitrogen and oxygen atoms in total. The van der Waals surface area contributed by atoms with E-state index in [1.807, 2.05) is 11.7 Å². The van der Waals surface area contributed by atoms with Crippen LogP contribution in [0.2, 0.25) is 0 Å². The number of piperidine rings is 1. The van der Waals surface area contributed by atoms with Gasteiger partial charge in [-0.3, -0.25) is 9.48 Å². The van der Waals surface area contributed by atoms with Gasteiger partial charge in [-0.25, -0.2) is 0 Å². The standard InChI is InChI=1S/C14H23N5O/c1-3-5-10-12(15)14(18(2)17-10)19-7-4-6-9-11(19)8-16-13(9)20/h9,11H,3-8,15H2,1-2H3,(H,16,20). The van der Waals surface area contributed by atoms with Crippen LogP contribution in [0.4, 0.5) is 11.5 Å². The molecule has 0 radical (unpaired) electrons. The van der Waals surface area contributed by atoms with Crippen molar-refractivity contribution >= 4 is 17.4 Å². The van der Waals surface area contributed by atoms with Crippen LogP contribution in [0.5, 0.6) is 0 Å². The minimum atomic E-state index is 0.104. The van der Waals surface area contributed by atoms with Crippen molar-refractivity contribution in [2.45, 2.75) is 38.6 Å². The molecule has 0 aromatic carbocycles. The average Bonchev–Trinajstić information content (AvgIpc) is 2.93. The first-order valence-corrected chi connectivity index (χ1v) is 7.49. The Bertz CT molecular complexity index is 524. The van der Waals surface area contributed by atoms with Gasteiger partial charge in [0, 0.05) is 20.1 Å². The SMILES string of the molecule is CCCc1nn(C)c(N2CCCC3C(=O)NCC32)c1N. The maximum atomic E-state index is 11.9. The Kier molecular flexibility index (Phi) is 3.31. The summed E-state index contributed by atoms with van der Waals surface area (Å²) in [5, 5.41) is 7.53. The highest BCUT2D eigenvalue weighted by atomic mass is 16.2. The third kappa shape index (κ3) is 1.94. The Morgan fingerprint density at radius 1 is 1.50 bits per heavy atom. The number of nitrogens with one attached hydrogen (secondary N) is 1. The van der Waals surface area contributed by atoms with Crippen molar-refractivity contribution in [2.24, 2.45) is 13.0 Å². The Morgan fingerprint density at radius 3 is 3.05 bits per heavy atom. The number of carbonyl (C=O) groups excluding carboxylic acids is 1. The molecule has 3 rings (SSSR count). The first-order valence-electron chi connectivity index (χ1n) is 7.49.